The molecule has 1 saturated carbocycles. The van der Waals surface area contributed by atoms with E-state index < -0.39 is 17.3 Å². The molecule has 2 aromatic rings. The number of aromatic amines is 1. The lowest BCUT2D eigenvalue weighted by atomic mass is 10.1. The Morgan fingerprint density at radius 1 is 1.48 bits per heavy atom. The molecule has 0 aliphatic heterocycles. The minimum Gasteiger partial charge on any atom is -0.325 e. The lowest BCUT2D eigenvalue weighted by Crippen LogP contribution is -2.24. The molecule has 2 N–H and O–H groups in total. The molecule has 108 valence electrons. The molecule has 1 amide bonds. The lowest BCUT2D eigenvalue weighted by Gasteiger charge is -2.11. The summed E-state index contributed by atoms with van der Waals surface area (Å²) in [5, 5.41) is 2.62. The number of hydrogen-bond acceptors (Lipinski definition) is 3. The van der Waals surface area contributed by atoms with Crippen molar-refractivity contribution < 1.29 is 9.18 Å². The van der Waals surface area contributed by atoms with Gasteiger partial charge in [-0.15, -0.1) is 0 Å². The SMILES string of the molecule is Cc1ccnc(NC(=O)c2cc(F)c[nH]c2=O)c1C1CC1. The van der Waals surface area contributed by atoms with Crippen molar-refractivity contribution in [1.82, 2.24) is 9.97 Å². The maximum absolute atomic E-state index is 13.2. The summed E-state index contributed by atoms with van der Waals surface area (Å²) in [4.78, 5) is 30.1. The third-order valence-electron chi connectivity index (χ3n) is 3.54. The van der Waals surface area contributed by atoms with Gasteiger partial charge in [0.1, 0.15) is 17.2 Å². The summed E-state index contributed by atoms with van der Waals surface area (Å²) in [7, 11) is 0. The predicted molar refractivity (Wildman–Crippen MR) is 75.9 cm³/mol. The molecule has 3 rings (SSSR count). The quantitative estimate of drug-likeness (QED) is 0.910. The Labute approximate surface area is 120 Å². The van der Waals surface area contributed by atoms with Crippen molar-refractivity contribution in [3.63, 3.8) is 0 Å². The smallest absolute Gasteiger partial charge is 0.262 e. The predicted octanol–water partition coefficient (Wildman–Crippen LogP) is 2.35. The summed E-state index contributed by atoms with van der Waals surface area (Å²) in [5.41, 5.74) is 1.16. The maximum Gasteiger partial charge on any atom is 0.262 e. The Bertz CT molecular complexity index is 766. The van der Waals surface area contributed by atoms with Gasteiger partial charge >= 0.3 is 0 Å². The summed E-state index contributed by atoms with van der Waals surface area (Å²) in [6.45, 7) is 1.96. The van der Waals surface area contributed by atoms with Crippen LogP contribution in [0.3, 0.4) is 0 Å². The minimum absolute atomic E-state index is 0.264. The number of rotatable bonds is 3. The van der Waals surface area contributed by atoms with Gasteiger partial charge in [-0.2, -0.15) is 0 Å². The van der Waals surface area contributed by atoms with Crippen LogP contribution in [-0.4, -0.2) is 15.9 Å². The van der Waals surface area contributed by atoms with Crippen LogP contribution in [0.15, 0.2) is 29.3 Å². The molecule has 0 atom stereocenters. The van der Waals surface area contributed by atoms with E-state index in [1.165, 1.54) is 0 Å². The van der Waals surface area contributed by atoms with Gasteiger partial charge in [-0.05, 0) is 43.4 Å². The Morgan fingerprint density at radius 3 is 2.95 bits per heavy atom. The number of H-pyrrole nitrogens is 1. The zero-order valence-corrected chi connectivity index (χ0v) is 11.4. The molecule has 0 saturated heterocycles. The van der Waals surface area contributed by atoms with E-state index in [4.69, 9.17) is 0 Å². The van der Waals surface area contributed by atoms with Crippen LogP contribution in [0.4, 0.5) is 10.2 Å². The molecule has 0 spiro atoms. The number of halogens is 1. The average molecular weight is 287 g/mol. The lowest BCUT2D eigenvalue weighted by molar-refractivity contribution is 0.102. The third kappa shape index (κ3) is 2.69. The van der Waals surface area contributed by atoms with Gasteiger partial charge < -0.3 is 10.3 Å². The Balaban J connectivity index is 1.93. The molecule has 0 bridgehead atoms. The second-order valence-corrected chi connectivity index (χ2v) is 5.18. The number of carbonyl (C=O) groups is 1. The first kappa shape index (κ1) is 13.5. The standard InChI is InChI=1S/C15H14FN3O2/c1-8-4-5-17-13(12(8)9-2-3-9)19-15(21)11-6-10(16)7-18-14(11)20/h4-7,9H,2-3H2,1H3,(H,18,20)(H,17,19,21). The zero-order valence-electron chi connectivity index (χ0n) is 11.4. The van der Waals surface area contributed by atoms with Gasteiger partial charge in [0.25, 0.3) is 11.5 Å². The van der Waals surface area contributed by atoms with E-state index in [0.29, 0.717) is 11.7 Å². The first-order valence-electron chi connectivity index (χ1n) is 6.71. The first-order valence-corrected chi connectivity index (χ1v) is 6.71. The highest BCUT2D eigenvalue weighted by Crippen LogP contribution is 2.44. The molecular weight excluding hydrogens is 273 g/mol. The molecule has 6 heteroatoms. The van der Waals surface area contributed by atoms with Crippen LogP contribution < -0.4 is 10.9 Å². The van der Waals surface area contributed by atoms with Crippen LogP contribution in [0.2, 0.25) is 0 Å². The van der Waals surface area contributed by atoms with Crippen molar-refractivity contribution in [2.45, 2.75) is 25.7 Å². The molecule has 2 heterocycles. The van der Waals surface area contributed by atoms with Gasteiger partial charge in [0.05, 0.1) is 0 Å². The highest BCUT2D eigenvalue weighted by Gasteiger charge is 2.29. The summed E-state index contributed by atoms with van der Waals surface area (Å²) >= 11 is 0. The summed E-state index contributed by atoms with van der Waals surface area (Å²) in [6, 6.07) is 2.80. The second kappa shape index (κ2) is 5.12. The summed E-state index contributed by atoms with van der Waals surface area (Å²) in [6.07, 6.45) is 4.65. The largest absolute Gasteiger partial charge is 0.325 e. The zero-order chi connectivity index (χ0) is 15.0. The number of carbonyl (C=O) groups excluding carboxylic acids is 1. The Morgan fingerprint density at radius 2 is 2.24 bits per heavy atom. The molecular formula is C15H14FN3O2. The molecule has 0 unspecified atom stereocenters. The van der Waals surface area contributed by atoms with Crippen LogP contribution >= 0.6 is 0 Å². The van der Waals surface area contributed by atoms with E-state index in [2.05, 4.69) is 15.3 Å². The number of hydrogen-bond donors (Lipinski definition) is 2. The fourth-order valence-electron chi connectivity index (χ4n) is 2.36. The number of nitrogens with one attached hydrogen (secondary N) is 2. The van der Waals surface area contributed by atoms with Crippen molar-refractivity contribution in [3.8, 4) is 0 Å². The molecule has 21 heavy (non-hydrogen) atoms. The monoisotopic (exact) mass is 287 g/mol. The first-order chi connectivity index (χ1) is 10.1. The molecule has 1 fully saturated rings. The highest BCUT2D eigenvalue weighted by molar-refractivity contribution is 6.03. The van der Waals surface area contributed by atoms with E-state index >= 15 is 0 Å². The van der Waals surface area contributed by atoms with Crippen LogP contribution in [0, 0.1) is 12.7 Å². The highest BCUT2D eigenvalue weighted by atomic mass is 19.1. The number of anilines is 1. The number of aromatic nitrogens is 2. The number of amides is 1. The average Bonchev–Trinajstić information content (AvgIpc) is 3.26. The second-order valence-electron chi connectivity index (χ2n) is 5.18. The van der Waals surface area contributed by atoms with E-state index in [1.54, 1.807) is 6.20 Å². The van der Waals surface area contributed by atoms with Gasteiger partial charge in [-0.1, -0.05) is 0 Å². The Kier molecular flexibility index (Phi) is 3.29. The molecule has 0 aromatic carbocycles. The van der Waals surface area contributed by atoms with Gasteiger partial charge in [-0.25, -0.2) is 9.37 Å². The normalized spacial score (nSPS) is 14.0. The molecule has 0 radical (unpaired) electrons. The topological polar surface area (TPSA) is 74.8 Å². The van der Waals surface area contributed by atoms with Gasteiger partial charge in [-0.3, -0.25) is 9.59 Å². The van der Waals surface area contributed by atoms with Crippen LogP contribution in [0.5, 0.6) is 0 Å². The van der Waals surface area contributed by atoms with Gasteiger partial charge in [0.15, 0.2) is 0 Å². The van der Waals surface area contributed by atoms with E-state index in [9.17, 15) is 14.0 Å². The fourth-order valence-corrected chi connectivity index (χ4v) is 2.36. The summed E-state index contributed by atoms with van der Waals surface area (Å²) in [5.74, 6) is -0.471. The number of nitrogens with zero attached hydrogens (tertiary/aromatic N) is 1. The number of aryl methyl sites for hydroxylation is 1. The van der Waals surface area contributed by atoms with E-state index in [1.807, 2.05) is 13.0 Å². The van der Waals surface area contributed by atoms with Crippen molar-refractivity contribution in [3.05, 3.63) is 57.4 Å². The van der Waals surface area contributed by atoms with Crippen molar-refractivity contribution in [1.29, 1.82) is 0 Å². The van der Waals surface area contributed by atoms with E-state index in [0.717, 1.165) is 36.2 Å². The van der Waals surface area contributed by atoms with Crippen molar-refractivity contribution in [2.75, 3.05) is 5.32 Å². The van der Waals surface area contributed by atoms with Crippen LogP contribution in [0.25, 0.3) is 0 Å². The van der Waals surface area contributed by atoms with Gasteiger partial charge in [0.2, 0.25) is 0 Å². The molecule has 1 aliphatic rings. The van der Waals surface area contributed by atoms with Crippen LogP contribution in [-0.2, 0) is 0 Å². The minimum atomic E-state index is -0.667. The van der Waals surface area contributed by atoms with Crippen molar-refractivity contribution in [2.24, 2.45) is 0 Å². The van der Waals surface area contributed by atoms with Crippen molar-refractivity contribution >= 4 is 11.7 Å². The molecule has 1 aliphatic carbocycles. The van der Waals surface area contributed by atoms with E-state index in [-0.39, 0.29) is 5.56 Å². The third-order valence-corrected chi connectivity index (χ3v) is 3.54. The molecule has 2 aromatic heterocycles. The fraction of sp³-hybridized carbons (Fsp3) is 0.267. The van der Waals surface area contributed by atoms with Gasteiger partial charge in [0, 0.05) is 18.0 Å². The number of pyridine rings is 2. The van der Waals surface area contributed by atoms with Crippen LogP contribution in [0.1, 0.15) is 40.2 Å². The summed E-state index contributed by atoms with van der Waals surface area (Å²) < 4.78 is 13.2. The molecule has 5 nitrogen and oxygen atoms in total. The Hall–Kier alpha value is -2.50. The maximum atomic E-state index is 13.2.